The van der Waals surface area contributed by atoms with Gasteiger partial charge in [0, 0.05) is 12.4 Å². The second-order valence-corrected chi connectivity index (χ2v) is 4.11. The van der Waals surface area contributed by atoms with Gasteiger partial charge in [-0.25, -0.2) is 0 Å². The highest BCUT2D eigenvalue weighted by Gasteiger charge is 2.10. The summed E-state index contributed by atoms with van der Waals surface area (Å²) < 4.78 is 3.36. The highest BCUT2D eigenvalue weighted by Crippen LogP contribution is 2.28. The molecule has 0 bridgehead atoms. The van der Waals surface area contributed by atoms with Crippen LogP contribution >= 0.6 is 11.6 Å². The van der Waals surface area contributed by atoms with Crippen molar-refractivity contribution in [2.24, 2.45) is 0 Å². The van der Waals surface area contributed by atoms with Crippen molar-refractivity contribution in [2.75, 3.05) is 5.73 Å². The number of aromatic nitrogens is 5. The molecule has 0 fully saturated rings. The zero-order valence-electron chi connectivity index (χ0n) is 9.23. The summed E-state index contributed by atoms with van der Waals surface area (Å²) in [4.78, 5) is 0. The number of hydrogen-bond acceptors (Lipinski definition) is 4. The Morgan fingerprint density at radius 2 is 1.89 bits per heavy atom. The van der Waals surface area contributed by atoms with E-state index in [0.717, 1.165) is 5.69 Å². The Morgan fingerprint density at radius 3 is 2.56 bits per heavy atom. The van der Waals surface area contributed by atoms with Crippen LogP contribution in [0.5, 0.6) is 0 Å². The highest BCUT2D eigenvalue weighted by atomic mass is 35.5. The SMILES string of the molecule is Nc1cc(-n2cnnn2)c(Cl)cc1-n1cccc1. The molecule has 0 atom stereocenters. The second-order valence-electron chi connectivity index (χ2n) is 3.71. The van der Waals surface area contributed by atoms with Gasteiger partial charge in [-0.2, -0.15) is 4.68 Å². The van der Waals surface area contributed by atoms with Crippen LogP contribution in [0, 0.1) is 0 Å². The molecular formula is C11H9ClN6. The van der Waals surface area contributed by atoms with Gasteiger partial charge in [-0.1, -0.05) is 11.6 Å². The van der Waals surface area contributed by atoms with E-state index in [2.05, 4.69) is 15.5 Å². The molecule has 0 spiro atoms. The van der Waals surface area contributed by atoms with E-state index >= 15 is 0 Å². The summed E-state index contributed by atoms with van der Waals surface area (Å²) in [6.45, 7) is 0. The third-order valence-corrected chi connectivity index (χ3v) is 2.88. The molecule has 3 aromatic rings. The monoisotopic (exact) mass is 260 g/mol. The van der Waals surface area contributed by atoms with E-state index in [1.807, 2.05) is 29.1 Å². The van der Waals surface area contributed by atoms with E-state index in [1.165, 1.54) is 11.0 Å². The number of nitrogens with two attached hydrogens (primary N) is 1. The molecule has 0 unspecified atom stereocenters. The first-order chi connectivity index (χ1) is 8.75. The number of anilines is 1. The fraction of sp³-hybridized carbons (Fsp3) is 0. The molecule has 0 aliphatic rings. The normalized spacial score (nSPS) is 10.7. The van der Waals surface area contributed by atoms with Crippen molar-refractivity contribution >= 4 is 17.3 Å². The first-order valence-electron chi connectivity index (χ1n) is 5.21. The van der Waals surface area contributed by atoms with Crippen molar-refractivity contribution in [3.8, 4) is 11.4 Å². The zero-order chi connectivity index (χ0) is 12.5. The van der Waals surface area contributed by atoms with Crippen molar-refractivity contribution in [2.45, 2.75) is 0 Å². The third-order valence-electron chi connectivity index (χ3n) is 2.57. The average Bonchev–Trinajstić information content (AvgIpc) is 3.02. The van der Waals surface area contributed by atoms with Gasteiger partial charge in [-0.3, -0.25) is 0 Å². The van der Waals surface area contributed by atoms with Crippen LogP contribution in [0.3, 0.4) is 0 Å². The lowest BCUT2D eigenvalue weighted by atomic mass is 10.2. The van der Waals surface area contributed by atoms with Crippen molar-refractivity contribution in [1.82, 2.24) is 24.8 Å². The molecule has 0 saturated carbocycles. The number of nitrogens with zero attached hydrogens (tertiary/aromatic N) is 5. The molecule has 0 radical (unpaired) electrons. The Labute approximate surface area is 108 Å². The van der Waals surface area contributed by atoms with Crippen molar-refractivity contribution in [3.63, 3.8) is 0 Å². The molecule has 2 aromatic heterocycles. The summed E-state index contributed by atoms with van der Waals surface area (Å²) in [7, 11) is 0. The number of hydrogen-bond donors (Lipinski definition) is 1. The van der Waals surface area contributed by atoms with Crippen LogP contribution in [0.25, 0.3) is 11.4 Å². The molecule has 3 rings (SSSR count). The maximum Gasteiger partial charge on any atom is 0.143 e. The van der Waals surface area contributed by atoms with E-state index in [-0.39, 0.29) is 0 Å². The highest BCUT2D eigenvalue weighted by molar-refractivity contribution is 6.32. The maximum absolute atomic E-state index is 6.22. The lowest BCUT2D eigenvalue weighted by molar-refractivity contribution is 0.789. The van der Waals surface area contributed by atoms with Crippen LogP contribution in [-0.4, -0.2) is 24.8 Å². The summed E-state index contributed by atoms with van der Waals surface area (Å²) >= 11 is 6.22. The molecule has 18 heavy (non-hydrogen) atoms. The fourth-order valence-electron chi connectivity index (χ4n) is 1.73. The summed E-state index contributed by atoms with van der Waals surface area (Å²) in [6.07, 6.45) is 5.27. The molecule has 0 aliphatic carbocycles. The molecule has 1 aromatic carbocycles. The Kier molecular flexibility index (Phi) is 2.49. The molecule has 90 valence electrons. The van der Waals surface area contributed by atoms with E-state index in [4.69, 9.17) is 17.3 Å². The van der Waals surface area contributed by atoms with Gasteiger partial charge in [0.1, 0.15) is 6.33 Å². The van der Waals surface area contributed by atoms with Gasteiger partial charge in [0.15, 0.2) is 0 Å². The fourth-order valence-corrected chi connectivity index (χ4v) is 1.98. The Hall–Kier alpha value is -2.34. The van der Waals surface area contributed by atoms with E-state index < -0.39 is 0 Å². The topological polar surface area (TPSA) is 74.6 Å². The number of nitrogen functional groups attached to an aromatic ring is 1. The van der Waals surface area contributed by atoms with Gasteiger partial charge >= 0.3 is 0 Å². The third kappa shape index (κ3) is 1.72. The average molecular weight is 261 g/mol. The van der Waals surface area contributed by atoms with Gasteiger partial charge in [0.05, 0.1) is 22.1 Å². The van der Waals surface area contributed by atoms with Crippen LogP contribution in [-0.2, 0) is 0 Å². The van der Waals surface area contributed by atoms with Crippen molar-refractivity contribution in [3.05, 3.63) is 48.0 Å². The van der Waals surface area contributed by atoms with E-state index in [1.54, 1.807) is 12.1 Å². The summed E-state index contributed by atoms with van der Waals surface area (Å²) in [5.74, 6) is 0. The van der Waals surface area contributed by atoms with Crippen LogP contribution in [0.15, 0.2) is 43.0 Å². The van der Waals surface area contributed by atoms with E-state index in [0.29, 0.717) is 16.4 Å². The predicted molar refractivity (Wildman–Crippen MR) is 67.9 cm³/mol. The van der Waals surface area contributed by atoms with Gasteiger partial charge in [0.25, 0.3) is 0 Å². The molecular weight excluding hydrogens is 252 g/mol. The Morgan fingerprint density at radius 1 is 1.11 bits per heavy atom. The van der Waals surface area contributed by atoms with Crippen molar-refractivity contribution < 1.29 is 0 Å². The van der Waals surface area contributed by atoms with Crippen LogP contribution in [0.4, 0.5) is 5.69 Å². The van der Waals surface area contributed by atoms with Gasteiger partial charge in [-0.05, 0) is 34.7 Å². The van der Waals surface area contributed by atoms with Gasteiger partial charge in [-0.15, -0.1) is 5.10 Å². The molecule has 2 N–H and O–H groups in total. The molecule has 0 amide bonds. The Bertz CT molecular complexity index is 599. The molecule has 7 heteroatoms. The maximum atomic E-state index is 6.22. The minimum Gasteiger partial charge on any atom is -0.397 e. The first kappa shape index (κ1) is 10.8. The predicted octanol–water partition coefficient (Wildman–Crippen LogP) is 1.69. The van der Waals surface area contributed by atoms with Crippen LogP contribution in [0.2, 0.25) is 5.02 Å². The zero-order valence-corrected chi connectivity index (χ0v) is 9.99. The lowest BCUT2D eigenvalue weighted by Gasteiger charge is -2.11. The second kappa shape index (κ2) is 4.15. The largest absolute Gasteiger partial charge is 0.397 e. The van der Waals surface area contributed by atoms with Crippen molar-refractivity contribution in [1.29, 1.82) is 0 Å². The standard InChI is InChI=1S/C11H9ClN6/c12-8-5-11(17-3-1-2-4-17)9(13)6-10(8)18-7-14-15-16-18/h1-7H,13H2. The molecule has 0 aliphatic heterocycles. The van der Waals surface area contributed by atoms with Crippen LogP contribution in [0.1, 0.15) is 0 Å². The molecule has 2 heterocycles. The minimum atomic E-state index is 0.528. The van der Waals surface area contributed by atoms with E-state index in [9.17, 15) is 0 Å². The molecule has 6 nitrogen and oxygen atoms in total. The smallest absolute Gasteiger partial charge is 0.143 e. The summed E-state index contributed by atoms with van der Waals surface area (Å²) in [5, 5.41) is 11.5. The van der Waals surface area contributed by atoms with Gasteiger partial charge < -0.3 is 10.3 Å². The number of halogens is 1. The Balaban J connectivity index is 2.15. The van der Waals surface area contributed by atoms with Gasteiger partial charge in [0.2, 0.25) is 0 Å². The lowest BCUT2D eigenvalue weighted by Crippen LogP contribution is -2.02. The number of rotatable bonds is 2. The summed E-state index contributed by atoms with van der Waals surface area (Å²) in [5.41, 5.74) is 8.09. The molecule has 0 saturated heterocycles. The first-order valence-corrected chi connectivity index (χ1v) is 5.59. The number of tetrazole rings is 1. The quantitative estimate of drug-likeness (QED) is 0.712. The minimum absolute atomic E-state index is 0.528. The van der Waals surface area contributed by atoms with Crippen LogP contribution < -0.4 is 5.73 Å². The summed E-state index contributed by atoms with van der Waals surface area (Å²) in [6, 6.07) is 7.37. The number of benzene rings is 1.